The molecule has 0 bridgehead atoms. The van der Waals surface area contributed by atoms with E-state index in [2.05, 4.69) is 10.6 Å². The third kappa shape index (κ3) is 3.07. The Morgan fingerprint density at radius 3 is 2.89 bits per heavy atom. The second kappa shape index (κ2) is 5.64. The average molecular weight is 248 g/mol. The van der Waals surface area contributed by atoms with Crippen LogP contribution >= 0.6 is 0 Å². The first-order chi connectivity index (χ1) is 8.69. The van der Waals surface area contributed by atoms with Gasteiger partial charge >= 0.3 is 0 Å². The molecule has 96 valence electrons. The van der Waals surface area contributed by atoms with Crippen LogP contribution in [0.25, 0.3) is 0 Å². The summed E-state index contributed by atoms with van der Waals surface area (Å²) in [4.78, 5) is 22.7. The van der Waals surface area contributed by atoms with E-state index in [-0.39, 0.29) is 18.4 Å². The standard InChI is InChI=1S/C13H16N2O3/c16-8-10-3-1-2-9(6-10)7-14-13(18)11-4-5-12(17)15-11/h1-3,6,11,16H,4-5,7-8H2,(H,14,18)(H,15,17). The predicted molar refractivity (Wildman–Crippen MR) is 65.4 cm³/mol. The Hall–Kier alpha value is -1.88. The molecule has 2 rings (SSSR count). The van der Waals surface area contributed by atoms with Crippen molar-refractivity contribution in [3.63, 3.8) is 0 Å². The molecule has 1 aliphatic rings. The maximum atomic E-state index is 11.7. The van der Waals surface area contributed by atoms with Crippen LogP contribution in [0.15, 0.2) is 24.3 Å². The lowest BCUT2D eigenvalue weighted by molar-refractivity contribution is -0.125. The summed E-state index contributed by atoms with van der Waals surface area (Å²) in [7, 11) is 0. The smallest absolute Gasteiger partial charge is 0.242 e. The molecule has 0 saturated carbocycles. The lowest BCUT2D eigenvalue weighted by Crippen LogP contribution is -2.41. The highest BCUT2D eigenvalue weighted by molar-refractivity contribution is 5.90. The summed E-state index contributed by atoms with van der Waals surface area (Å²) in [5.74, 6) is -0.229. The Bertz CT molecular complexity index is 459. The molecule has 1 fully saturated rings. The van der Waals surface area contributed by atoms with E-state index in [1.807, 2.05) is 24.3 Å². The fraction of sp³-hybridized carbons (Fsp3) is 0.385. The van der Waals surface area contributed by atoms with E-state index in [1.165, 1.54) is 0 Å². The van der Waals surface area contributed by atoms with Gasteiger partial charge in [0.1, 0.15) is 6.04 Å². The van der Waals surface area contributed by atoms with Crippen molar-refractivity contribution in [2.75, 3.05) is 0 Å². The van der Waals surface area contributed by atoms with Gasteiger partial charge in [-0.3, -0.25) is 9.59 Å². The Kier molecular flexibility index (Phi) is 3.94. The van der Waals surface area contributed by atoms with Crippen LogP contribution in [0, 0.1) is 0 Å². The Balaban J connectivity index is 1.87. The van der Waals surface area contributed by atoms with Crippen molar-refractivity contribution in [3.8, 4) is 0 Å². The maximum absolute atomic E-state index is 11.7. The maximum Gasteiger partial charge on any atom is 0.242 e. The van der Waals surface area contributed by atoms with E-state index in [0.29, 0.717) is 19.4 Å². The van der Waals surface area contributed by atoms with Crippen LogP contribution in [-0.2, 0) is 22.7 Å². The van der Waals surface area contributed by atoms with Gasteiger partial charge in [0.2, 0.25) is 11.8 Å². The third-order valence-electron chi connectivity index (χ3n) is 2.95. The van der Waals surface area contributed by atoms with Crippen molar-refractivity contribution in [3.05, 3.63) is 35.4 Å². The number of aliphatic hydroxyl groups excluding tert-OH is 1. The van der Waals surface area contributed by atoms with Crippen molar-refractivity contribution in [1.29, 1.82) is 0 Å². The second-order valence-electron chi connectivity index (χ2n) is 4.35. The molecule has 2 amide bonds. The first kappa shape index (κ1) is 12.6. The molecule has 0 spiro atoms. The number of hydrogen-bond acceptors (Lipinski definition) is 3. The van der Waals surface area contributed by atoms with Crippen LogP contribution in [-0.4, -0.2) is 23.0 Å². The molecular weight excluding hydrogens is 232 g/mol. The highest BCUT2D eigenvalue weighted by atomic mass is 16.3. The van der Waals surface area contributed by atoms with Gasteiger partial charge in [-0.2, -0.15) is 0 Å². The number of hydrogen-bond donors (Lipinski definition) is 3. The number of nitrogens with one attached hydrogen (secondary N) is 2. The number of carbonyl (C=O) groups excluding carboxylic acids is 2. The van der Waals surface area contributed by atoms with E-state index < -0.39 is 6.04 Å². The first-order valence-electron chi connectivity index (χ1n) is 5.95. The van der Waals surface area contributed by atoms with E-state index >= 15 is 0 Å². The Morgan fingerprint density at radius 2 is 2.22 bits per heavy atom. The first-order valence-corrected chi connectivity index (χ1v) is 5.95. The topological polar surface area (TPSA) is 78.4 Å². The van der Waals surface area contributed by atoms with Crippen LogP contribution in [0.1, 0.15) is 24.0 Å². The minimum Gasteiger partial charge on any atom is -0.392 e. The largest absolute Gasteiger partial charge is 0.392 e. The SMILES string of the molecule is O=C1CCC(C(=O)NCc2cccc(CO)c2)N1. The molecule has 5 nitrogen and oxygen atoms in total. The third-order valence-corrected chi connectivity index (χ3v) is 2.95. The van der Waals surface area contributed by atoms with Gasteiger partial charge in [0.25, 0.3) is 0 Å². The van der Waals surface area contributed by atoms with Crippen LogP contribution in [0.4, 0.5) is 0 Å². The molecule has 0 aromatic heterocycles. The van der Waals surface area contributed by atoms with Gasteiger partial charge in [-0.05, 0) is 17.5 Å². The van der Waals surface area contributed by atoms with Gasteiger partial charge in [0.05, 0.1) is 6.61 Å². The zero-order chi connectivity index (χ0) is 13.0. The Labute approximate surface area is 105 Å². The summed E-state index contributed by atoms with van der Waals surface area (Å²) >= 11 is 0. The molecule has 5 heteroatoms. The monoisotopic (exact) mass is 248 g/mol. The van der Waals surface area contributed by atoms with Crippen molar-refractivity contribution in [2.24, 2.45) is 0 Å². The molecule has 0 aliphatic carbocycles. The molecule has 1 aliphatic heterocycles. The van der Waals surface area contributed by atoms with E-state index in [0.717, 1.165) is 11.1 Å². The van der Waals surface area contributed by atoms with E-state index in [4.69, 9.17) is 5.11 Å². The van der Waals surface area contributed by atoms with Crippen molar-refractivity contribution < 1.29 is 14.7 Å². The summed E-state index contributed by atoms with van der Waals surface area (Å²) < 4.78 is 0. The van der Waals surface area contributed by atoms with Crippen molar-refractivity contribution in [1.82, 2.24) is 10.6 Å². The number of amides is 2. The quantitative estimate of drug-likeness (QED) is 0.705. The molecule has 1 heterocycles. The highest BCUT2D eigenvalue weighted by Gasteiger charge is 2.26. The van der Waals surface area contributed by atoms with Gasteiger partial charge < -0.3 is 15.7 Å². The van der Waals surface area contributed by atoms with Gasteiger partial charge in [-0.15, -0.1) is 0 Å². The van der Waals surface area contributed by atoms with Gasteiger partial charge in [-0.25, -0.2) is 0 Å². The summed E-state index contributed by atoms with van der Waals surface area (Å²) in [6.45, 7) is 0.388. The summed E-state index contributed by atoms with van der Waals surface area (Å²) in [6.07, 6.45) is 0.972. The molecule has 1 atom stereocenters. The molecule has 3 N–H and O–H groups in total. The lowest BCUT2D eigenvalue weighted by Gasteiger charge is -2.11. The summed E-state index contributed by atoms with van der Waals surface area (Å²) in [5, 5.41) is 14.4. The molecular formula is C13H16N2O3. The summed E-state index contributed by atoms with van der Waals surface area (Å²) in [6, 6.07) is 6.98. The fourth-order valence-corrected chi connectivity index (χ4v) is 1.96. The molecule has 1 unspecified atom stereocenters. The lowest BCUT2D eigenvalue weighted by atomic mass is 10.1. The second-order valence-corrected chi connectivity index (χ2v) is 4.35. The Morgan fingerprint density at radius 1 is 1.44 bits per heavy atom. The van der Waals surface area contributed by atoms with Crippen LogP contribution in [0.5, 0.6) is 0 Å². The van der Waals surface area contributed by atoms with Gasteiger partial charge in [0, 0.05) is 13.0 Å². The molecule has 1 saturated heterocycles. The van der Waals surface area contributed by atoms with Crippen molar-refractivity contribution >= 4 is 11.8 Å². The number of benzene rings is 1. The molecule has 1 aromatic carbocycles. The number of carbonyl (C=O) groups is 2. The zero-order valence-electron chi connectivity index (χ0n) is 9.98. The number of aliphatic hydroxyl groups is 1. The van der Waals surface area contributed by atoms with Gasteiger partial charge in [0.15, 0.2) is 0 Å². The molecule has 0 radical (unpaired) electrons. The van der Waals surface area contributed by atoms with E-state index in [1.54, 1.807) is 0 Å². The van der Waals surface area contributed by atoms with Crippen LogP contribution in [0.2, 0.25) is 0 Å². The fourth-order valence-electron chi connectivity index (χ4n) is 1.96. The average Bonchev–Trinajstić information content (AvgIpc) is 2.83. The highest BCUT2D eigenvalue weighted by Crippen LogP contribution is 2.08. The number of rotatable bonds is 4. The zero-order valence-corrected chi connectivity index (χ0v) is 9.98. The predicted octanol–water partition coefficient (Wildman–Crippen LogP) is 0.0737. The van der Waals surface area contributed by atoms with Crippen molar-refractivity contribution in [2.45, 2.75) is 32.0 Å². The van der Waals surface area contributed by atoms with Gasteiger partial charge in [-0.1, -0.05) is 24.3 Å². The molecule has 1 aromatic rings. The minimum absolute atomic E-state index is 0.0134. The van der Waals surface area contributed by atoms with E-state index in [9.17, 15) is 9.59 Å². The molecule has 18 heavy (non-hydrogen) atoms. The van der Waals surface area contributed by atoms with Crippen LogP contribution < -0.4 is 10.6 Å². The minimum atomic E-state index is -0.404. The van der Waals surface area contributed by atoms with Crippen LogP contribution in [0.3, 0.4) is 0 Å². The summed E-state index contributed by atoms with van der Waals surface area (Å²) in [5.41, 5.74) is 1.75. The normalized spacial score (nSPS) is 18.5.